The lowest BCUT2D eigenvalue weighted by atomic mass is 10.1. The first-order valence-corrected chi connectivity index (χ1v) is 9.07. The van der Waals surface area contributed by atoms with Crippen molar-refractivity contribution in [1.82, 2.24) is 10.3 Å². The molecule has 0 aliphatic heterocycles. The lowest BCUT2D eigenvalue weighted by Crippen LogP contribution is -2.22. The fraction of sp³-hybridized carbons (Fsp3) is 0.182. The van der Waals surface area contributed by atoms with Crippen molar-refractivity contribution < 1.29 is 27.8 Å². The van der Waals surface area contributed by atoms with Gasteiger partial charge in [-0.25, -0.2) is 0 Å². The van der Waals surface area contributed by atoms with Crippen LogP contribution < -0.4 is 19.5 Å². The molecule has 6 nitrogen and oxygen atoms in total. The molecule has 0 bridgehead atoms. The van der Waals surface area contributed by atoms with Gasteiger partial charge in [-0.2, -0.15) is 8.78 Å². The number of nitrogens with one attached hydrogen (secondary N) is 1. The Morgan fingerprint density at radius 3 is 2.53 bits per heavy atom. The highest BCUT2D eigenvalue weighted by atomic mass is 19.3. The lowest BCUT2D eigenvalue weighted by molar-refractivity contribution is -0.0512. The van der Waals surface area contributed by atoms with Crippen LogP contribution in [0.1, 0.15) is 21.5 Å². The first kappa shape index (κ1) is 21.0. The Labute approximate surface area is 172 Å². The summed E-state index contributed by atoms with van der Waals surface area (Å²) in [7, 11) is 1.36. The van der Waals surface area contributed by atoms with Gasteiger partial charge in [-0.3, -0.25) is 9.78 Å². The van der Waals surface area contributed by atoms with Gasteiger partial charge in [-0.1, -0.05) is 12.1 Å². The van der Waals surface area contributed by atoms with Gasteiger partial charge in [-0.15, -0.1) is 0 Å². The minimum Gasteiger partial charge on any atom is -0.493 e. The topological polar surface area (TPSA) is 69.7 Å². The molecule has 3 aromatic rings. The van der Waals surface area contributed by atoms with Crippen molar-refractivity contribution >= 4 is 5.91 Å². The van der Waals surface area contributed by atoms with Crippen LogP contribution in [0.5, 0.6) is 17.2 Å². The molecule has 0 saturated carbocycles. The Morgan fingerprint density at radius 1 is 1.07 bits per heavy atom. The molecule has 0 aliphatic carbocycles. The van der Waals surface area contributed by atoms with E-state index in [2.05, 4.69) is 15.0 Å². The normalized spacial score (nSPS) is 10.5. The molecule has 0 fully saturated rings. The van der Waals surface area contributed by atoms with E-state index in [0.29, 0.717) is 23.5 Å². The number of benzene rings is 2. The fourth-order valence-corrected chi connectivity index (χ4v) is 2.65. The Kier molecular flexibility index (Phi) is 7.15. The third-order valence-corrected chi connectivity index (χ3v) is 4.14. The van der Waals surface area contributed by atoms with E-state index in [1.54, 1.807) is 42.7 Å². The Balaban J connectivity index is 1.54. The zero-order chi connectivity index (χ0) is 21.3. The summed E-state index contributed by atoms with van der Waals surface area (Å²) < 4.78 is 39.9. The molecule has 0 atom stereocenters. The highest BCUT2D eigenvalue weighted by molar-refractivity contribution is 5.94. The Bertz CT molecular complexity index is 967. The van der Waals surface area contributed by atoms with E-state index >= 15 is 0 Å². The van der Waals surface area contributed by atoms with Crippen molar-refractivity contribution in [3.63, 3.8) is 0 Å². The van der Waals surface area contributed by atoms with Crippen LogP contribution in [0.15, 0.2) is 67.0 Å². The summed E-state index contributed by atoms with van der Waals surface area (Å²) in [6, 6.07) is 15.0. The van der Waals surface area contributed by atoms with E-state index in [1.807, 2.05) is 12.1 Å². The van der Waals surface area contributed by atoms with Gasteiger partial charge in [0.1, 0.15) is 12.4 Å². The summed E-state index contributed by atoms with van der Waals surface area (Å²) in [5, 5.41) is 2.77. The van der Waals surface area contributed by atoms with E-state index in [0.717, 1.165) is 5.56 Å². The number of hydrogen-bond acceptors (Lipinski definition) is 5. The summed E-state index contributed by atoms with van der Waals surface area (Å²) in [4.78, 5) is 16.4. The molecule has 156 valence electrons. The maximum atomic E-state index is 12.4. The number of carbonyl (C=O) groups is 1. The summed E-state index contributed by atoms with van der Waals surface area (Å²) in [6.45, 7) is -2.36. The first-order valence-electron chi connectivity index (χ1n) is 9.07. The number of ether oxygens (including phenoxy) is 3. The van der Waals surface area contributed by atoms with Crippen molar-refractivity contribution in [2.75, 3.05) is 7.11 Å². The molecule has 0 unspecified atom stereocenters. The van der Waals surface area contributed by atoms with Crippen molar-refractivity contribution in [2.24, 2.45) is 0 Å². The predicted octanol–water partition coefficient (Wildman–Crippen LogP) is 4.20. The average Bonchev–Trinajstić information content (AvgIpc) is 2.77. The van der Waals surface area contributed by atoms with Gasteiger partial charge in [0.25, 0.3) is 5.91 Å². The number of halogens is 2. The van der Waals surface area contributed by atoms with Crippen LogP contribution >= 0.6 is 0 Å². The van der Waals surface area contributed by atoms with Crippen LogP contribution in [-0.2, 0) is 13.2 Å². The van der Waals surface area contributed by atoms with Crippen LogP contribution in [0.4, 0.5) is 8.78 Å². The number of aromatic nitrogens is 1. The second kappa shape index (κ2) is 10.2. The lowest BCUT2D eigenvalue weighted by Gasteiger charge is -2.12. The second-order valence-corrected chi connectivity index (χ2v) is 6.22. The van der Waals surface area contributed by atoms with Crippen molar-refractivity contribution in [3.8, 4) is 17.2 Å². The smallest absolute Gasteiger partial charge is 0.387 e. The molecule has 0 radical (unpaired) electrons. The van der Waals surface area contributed by atoms with E-state index in [1.165, 1.54) is 19.2 Å². The Hall–Kier alpha value is -3.68. The zero-order valence-corrected chi connectivity index (χ0v) is 16.2. The molecule has 0 spiro atoms. The Morgan fingerprint density at radius 2 is 1.87 bits per heavy atom. The molecule has 3 rings (SSSR count). The highest BCUT2D eigenvalue weighted by Crippen LogP contribution is 2.29. The largest absolute Gasteiger partial charge is 0.493 e. The molecule has 0 saturated heterocycles. The summed E-state index contributed by atoms with van der Waals surface area (Å²) in [6.07, 6.45) is 3.42. The molecule has 8 heteroatoms. The number of alkyl halides is 2. The minimum atomic E-state index is -2.94. The zero-order valence-electron chi connectivity index (χ0n) is 16.2. The standard InChI is InChI=1S/C22H20F2N2O4/c1-28-20-11-15(4-9-19(20)30-22(23)24)13-26-21(27)17-5-7-18(8-6-17)29-14-16-3-2-10-25-12-16/h2-12,22H,13-14H2,1H3,(H,26,27). The quantitative estimate of drug-likeness (QED) is 0.568. The van der Waals surface area contributed by atoms with Gasteiger partial charge in [0.15, 0.2) is 11.5 Å². The van der Waals surface area contributed by atoms with E-state index in [9.17, 15) is 13.6 Å². The monoisotopic (exact) mass is 414 g/mol. The molecule has 2 aromatic carbocycles. The fourth-order valence-electron chi connectivity index (χ4n) is 2.65. The number of methoxy groups -OCH3 is 1. The van der Waals surface area contributed by atoms with Gasteiger partial charge >= 0.3 is 6.61 Å². The molecule has 1 heterocycles. The van der Waals surface area contributed by atoms with Crippen LogP contribution in [-0.4, -0.2) is 24.6 Å². The third kappa shape index (κ3) is 5.91. The molecule has 1 amide bonds. The van der Waals surface area contributed by atoms with Crippen LogP contribution in [0.2, 0.25) is 0 Å². The highest BCUT2D eigenvalue weighted by Gasteiger charge is 2.12. The van der Waals surface area contributed by atoms with Gasteiger partial charge in [0.2, 0.25) is 0 Å². The van der Waals surface area contributed by atoms with E-state index in [4.69, 9.17) is 9.47 Å². The first-order chi connectivity index (χ1) is 14.5. The number of rotatable bonds is 9. The van der Waals surface area contributed by atoms with Gasteiger partial charge in [0.05, 0.1) is 7.11 Å². The second-order valence-electron chi connectivity index (χ2n) is 6.22. The average molecular weight is 414 g/mol. The van der Waals surface area contributed by atoms with E-state index in [-0.39, 0.29) is 24.0 Å². The number of amides is 1. The number of pyridine rings is 1. The van der Waals surface area contributed by atoms with Crippen LogP contribution in [0.25, 0.3) is 0 Å². The minimum absolute atomic E-state index is 0.0653. The van der Waals surface area contributed by atoms with Crippen molar-refractivity contribution in [1.29, 1.82) is 0 Å². The molecule has 0 aliphatic rings. The third-order valence-electron chi connectivity index (χ3n) is 4.14. The predicted molar refractivity (Wildman–Crippen MR) is 106 cm³/mol. The maximum Gasteiger partial charge on any atom is 0.387 e. The van der Waals surface area contributed by atoms with Crippen molar-refractivity contribution in [2.45, 2.75) is 19.8 Å². The van der Waals surface area contributed by atoms with Crippen LogP contribution in [0, 0.1) is 0 Å². The van der Waals surface area contributed by atoms with Crippen molar-refractivity contribution in [3.05, 3.63) is 83.7 Å². The van der Waals surface area contributed by atoms with Gasteiger partial charge in [0, 0.05) is 30.1 Å². The molecule has 30 heavy (non-hydrogen) atoms. The number of hydrogen-bond donors (Lipinski definition) is 1. The summed E-state index contributed by atoms with van der Waals surface area (Å²) in [5.74, 6) is 0.456. The van der Waals surface area contributed by atoms with Crippen LogP contribution in [0.3, 0.4) is 0 Å². The molecular weight excluding hydrogens is 394 g/mol. The number of nitrogens with zero attached hydrogens (tertiary/aromatic N) is 1. The molecule has 1 N–H and O–H groups in total. The SMILES string of the molecule is COc1cc(CNC(=O)c2ccc(OCc3cccnc3)cc2)ccc1OC(F)F. The maximum absolute atomic E-state index is 12.4. The van der Waals surface area contributed by atoms with Gasteiger partial charge < -0.3 is 19.5 Å². The molecule has 1 aromatic heterocycles. The molecular formula is C22H20F2N2O4. The summed E-state index contributed by atoms with van der Waals surface area (Å²) >= 11 is 0. The van der Waals surface area contributed by atoms with Gasteiger partial charge in [-0.05, 0) is 48.0 Å². The number of carbonyl (C=O) groups excluding carboxylic acids is 1. The summed E-state index contributed by atoms with van der Waals surface area (Å²) in [5.41, 5.74) is 2.09. The van der Waals surface area contributed by atoms with E-state index < -0.39 is 6.61 Å².